The first-order valence-corrected chi connectivity index (χ1v) is 4.67. The van der Waals surface area contributed by atoms with Crippen LogP contribution in [0.25, 0.3) is 0 Å². The van der Waals surface area contributed by atoms with Gasteiger partial charge in [0.25, 0.3) is 0 Å². The van der Waals surface area contributed by atoms with Crippen LogP contribution in [0.5, 0.6) is 11.5 Å². The Kier molecular flexibility index (Phi) is 3.94. The number of aliphatic hydroxyl groups is 2. The lowest BCUT2D eigenvalue weighted by Crippen LogP contribution is -2.13. The largest absolute Gasteiger partial charge is 0.497 e. The van der Waals surface area contributed by atoms with Crippen LogP contribution in [0.2, 0.25) is 0 Å². The minimum Gasteiger partial charge on any atom is -0.497 e. The highest BCUT2D eigenvalue weighted by Gasteiger charge is 2.15. The van der Waals surface area contributed by atoms with Gasteiger partial charge < -0.3 is 19.7 Å². The maximum Gasteiger partial charge on any atom is 0.122 e. The molecule has 0 radical (unpaired) electrons. The van der Waals surface area contributed by atoms with Crippen LogP contribution in [0, 0.1) is 0 Å². The van der Waals surface area contributed by atoms with E-state index in [4.69, 9.17) is 9.47 Å². The molecule has 1 aromatic rings. The number of rotatable bonds is 4. The van der Waals surface area contributed by atoms with Crippen LogP contribution in [0.15, 0.2) is 18.2 Å². The average Bonchev–Trinajstić information content (AvgIpc) is 2.27. The molecule has 15 heavy (non-hydrogen) atoms. The standard InChI is InChI=1S/C11H16O4/c1-7(12)11(13)8-4-9(14-2)6-10(5-8)15-3/h4-7,11-13H,1-3H3/t7-,11-/m1/s1. The molecule has 4 heteroatoms. The predicted octanol–water partition coefficient (Wildman–Crippen LogP) is 1.12. The first-order valence-electron chi connectivity index (χ1n) is 4.67. The number of aliphatic hydroxyl groups excluding tert-OH is 2. The Morgan fingerprint density at radius 1 is 1.00 bits per heavy atom. The summed E-state index contributed by atoms with van der Waals surface area (Å²) in [6, 6.07) is 5.04. The zero-order valence-corrected chi connectivity index (χ0v) is 9.10. The van der Waals surface area contributed by atoms with E-state index >= 15 is 0 Å². The van der Waals surface area contributed by atoms with Crippen molar-refractivity contribution >= 4 is 0 Å². The summed E-state index contributed by atoms with van der Waals surface area (Å²) in [7, 11) is 3.07. The highest BCUT2D eigenvalue weighted by molar-refractivity contribution is 5.39. The van der Waals surface area contributed by atoms with Crippen molar-refractivity contribution in [2.75, 3.05) is 14.2 Å². The summed E-state index contributed by atoms with van der Waals surface area (Å²) in [6.07, 6.45) is -1.77. The van der Waals surface area contributed by atoms with Crippen molar-refractivity contribution in [2.45, 2.75) is 19.1 Å². The van der Waals surface area contributed by atoms with Crippen LogP contribution in [0.3, 0.4) is 0 Å². The Bertz CT molecular complexity index is 300. The summed E-state index contributed by atoms with van der Waals surface area (Å²) >= 11 is 0. The van der Waals surface area contributed by atoms with E-state index < -0.39 is 12.2 Å². The average molecular weight is 212 g/mol. The SMILES string of the molecule is COc1cc(OC)cc([C@H](O)[C@@H](C)O)c1. The quantitative estimate of drug-likeness (QED) is 0.785. The van der Waals surface area contributed by atoms with Crippen molar-refractivity contribution in [3.05, 3.63) is 23.8 Å². The second-order valence-corrected chi connectivity index (χ2v) is 3.33. The third kappa shape index (κ3) is 2.84. The molecule has 0 amide bonds. The van der Waals surface area contributed by atoms with Gasteiger partial charge in [0.1, 0.15) is 17.6 Å². The number of hydrogen-bond donors (Lipinski definition) is 2. The molecular formula is C11H16O4. The summed E-state index contributed by atoms with van der Waals surface area (Å²) in [6.45, 7) is 1.52. The van der Waals surface area contributed by atoms with E-state index in [9.17, 15) is 10.2 Å². The molecule has 4 nitrogen and oxygen atoms in total. The van der Waals surface area contributed by atoms with Gasteiger partial charge in [-0.1, -0.05) is 0 Å². The fourth-order valence-corrected chi connectivity index (χ4v) is 1.28. The van der Waals surface area contributed by atoms with Crippen LogP contribution in [-0.2, 0) is 0 Å². The van der Waals surface area contributed by atoms with Gasteiger partial charge in [-0.15, -0.1) is 0 Å². The molecular weight excluding hydrogens is 196 g/mol. The molecule has 1 rings (SSSR count). The molecule has 84 valence electrons. The predicted molar refractivity (Wildman–Crippen MR) is 56.2 cm³/mol. The van der Waals surface area contributed by atoms with Gasteiger partial charge in [-0.2, -0.15) is 0 Å². The normalized spacial score (nSPS) is 14.5. The minimum atomic E-state index is -0.936. The summed E-state index contributed by atoms with van der Waals surface area (Å²) < 4.78 is 10.1. The first-order chi connectivity index (χ1) is 7.08. The molecule has 0 aliphatic carbocycles. The molecule has 0 aromatic heterocycles. The fraction of sp³-hybridized carbons (Fsp3) is 0.455. The van der Waals surface area contributed by atoms with Crippen molar-refractivity contribution in [1.29, 1.82) is 0 Å². The second kappa shape index (κ2) is 5.00. The van der Waals surface area contributed by atoms with E-state index in [0.29, 0.717) is 17.1 Å². The smallest absolute Gasteiger partial charge is 0.122 e. The van der Waals surface area contributed by atoms with E-state index in [2.05, 4.69) is 0 Å². The van der Waals surface area contributed by atoms with E-state index in [0.717, 1.165) is 0 Å². The van der Waals surface area contributed by atoms with Crippen LogP contribution in [0.1, 0.15) is 18.6 Å². The lowest BCUT2D eigenvalue weighted by molar-refractivity contribution is 0.0303. The Hall–Kier alpha value is -1.26. The minimum absolute atomic E-state index is 0.571. The van der Waals surface area contributed by atoms with Gasteiger partial charge in [0, 0.05) is 6.07 Å². The van der Waals surface area contributed by atoms with Crippen LogP contribution < -0.4 is 9.47 Å². The highest BCUT2D eigenvalue weighted by atomic mass is 16.5. The number of hydrogen-bond acceptors (Lipinski definition) is 4. The molecule has 2 atom stereocenters. The monoisotopic (exact) mass is 212 g/mol. The van der Waals surface area contributed by atoms with E-state index in [1.165, 1.54) is 21.1 Å². The Morgan fingerprint density at radius 2 is 1.47 bits per heavy atom. The maximum absolute atomic E-state index is 9.68. The van der Waals surface area contributed by atoms with Gasteiger partial charge in [-0.05, 0) is 24.6 Å². The van der Waals surface area contributed by atoms with Crippen LogP contribution >= 0.6 is 0 Å². The molecule has 0 aliphatic rings. The molecule has 0 unspecified atom stereocenters. The van der Waals surface area contributed by atoms with Crippen LogP contribution in [0.4, 0.5) is 0 Å². The third-order valence-electron chi connectivity index (χ3n) is 2.17. The number of ether oxygens (including phenoxy) is 2. The van der Waals surface area contributed by atoms with Crippen molar-refractivity contribution in [1.82, 2.24) is 0 Å². The summed E-state index contributed by atoms with van der Waals surface area (Å²) in [5.74, 6) is 1.17. The van der Waals surface area contributed by atoms with Crippen molar-refractivity contribution < 1.29 is 19.7 Å². The molecule has 2 N–H and O–H groups in total. The van der Waals surface area contributed by atoms with E-state index in [1.54, 1.807) is 18.2 Å². The molecule has 0 heterocycles. The molecule has 0 bridgehead atoms. The molecule has 0 fully saturated rings. The maximum atomic E-state index is 9.68. The first kappa shape index (κ1) is 11.8. The molecule has 1 aromatic carbocycles. The topological polar surface area (TPSA) is 58.9 Å². The third-order valence-corrected chi connectivity index (χ3v) is 2.17. The summed E-state index contributed by atoms with van der Waals surface area (Å²) in [4.78, 5) is 0. The van der Waals surface area contributed by atoms with Gasteiger partial charge >= 0.3 is 0 Å². The molecule has 0 spiro atoms. The Labute approximate surface area is 89.1 Å². The Morgan fingerprint density at radius 3 is 1.80 bits per heavy atom. The lowest BCUT2D eigenvalue weighted by Gasteiger charge is -2.15. The van der Waals surface area contributed by atoms with E-state index in [-0.39, 0.29) is 0 Å². The highest BCUT2D eigenvalue weighted by Crippen LogP contribution is 2.27. The molecule has 0 saturated heterocycles. The second-order valence-electron chi connectivity index (χ2n) is 3.33. The van der Waals surface area contributed by atoms with Gasteiger partial charge in [-0.3, -0.25) is 0 Å². The Balaban J connectivity index is 3.06. The van der Waals surface area contributed by atoms with E-state index in [1.807, 2.05) is 0 Å². The fourth-order valence-electron chi connectivity index (χ4n) is 1.28. The van der Waals surface area contributed by atoms with Crippen molar-refractivity contribution in [3.63, 3.8) is 0 Å². The number of benzene rings is 1. The zero-order valence-electron chi connectivity index (χ0n) is 9.10. The lowest BCUT2D eigenvalue weighted by atomic mass is 10.0. The number of methoxy groups -OCH3 is 2. The molecule has 0 saturated carbocycles. The van der Waals surface area contributed by atoms with Gasteiger partial charge in [0.05, 0.1) is 20.3 Å². The summed E-state index contributed by atoms with van der Waals surface area (Å²) in [5.41, 5.74) is 0.571. The van der Waals surface area contributed by atoms with Gasteiger partial charge in [0.15, 0.2) is 0 Å². The van der Waals surface area contributed by atoms with Crippen molar-refractivity contribution in [2.24, 2.45) is 0 Å². The van der Waals surface area contributed by atoms with Gasteiger partial charge in [-0.25, -0.2) is 0 Å². The van der Waals surface area contributed by atoms with Crippen LogP contribution in [-0.4, -0.2) is 30.5 Å². The van der Waals surface area contributed by atoms with Crippen molar-refractivity contribution in [3.8, 4) is 11.5 Å². The summed E-state index contributed by atoms with van der Waals surface area (Å²) in [5, 5.41) is 18.9. The molecule has 0 aliphatic heterocycles. The van der Waals surface area contributed by atoms with Gasteiger partial charge in [0.2, 0.25) is 0 Å². The zero-order chi connectivity index (χ0) is 11.4.